The molecule has 0 bridgehead atoms. The number of benzene rings is 2. The lowest BCUT2D eigenvalue weighted by molar-refractivity contribution is 0.191. The second-order valence-corrected chi connectivity index (χ2v) is 4.49. The fourth-order valence-corrected chi connectivity index (χ4v) is 1.77. The Hall–Kier alpha value is -1.65. The van der Waals surface area contributed by atoms with Crippen molar-refractivity contribution in [3.8, 4) is 0 Å². The van der Waals surface area contributed by atoms with E-state index >= 15 is 0 Å². The molecule has 0 aliphatic carbocycles. The average molecular weight is 284 g/mol. The van der Waals surface area contributed by atoms with Crippen LogP contribution in [0.5, 0.6) is 0 Å². The molecule has 1 atom stereocenters. The van der Waals surface area contributed by atoms with Crippen molar-refractivity contribution in [1.82, 2.24) is 0 Å². The molecule has 0 saturated carbocycles. The van der Waals surface area contributed by atoms with E-state index in [1.165, 1.54) is 30.3 Å². The minimum Gasteiger partial charge on any atom is -0.387 e. The van der Waals surface area contributed by atoms with Crippen LogP contribution in [0.25, 0.3) is 0 Å². The Bertz CT molecular complexity index is 577. The number of aliphatic hydroxyl groups is 1. The molecule has 2 aromatic rings. The summed E-state index contributed by atoms with van der Waals surface area (Å²) in [5.41, 5.74) is 0.958. The maximum Gasteiger partial charge on any atom is 0.143 e. The molecule has 5 heteroatoms. The summed E-state index contributed by atoms with van der Waals surface area (Å²) in [4.78, 5) is 0. The van der Waals surface area contributed by atoms with Gasteiger partial charge in [0.1, 0.15) is 11.6 Å². The molecule has 0 aliphatic rings. The summed E-state index contributed by atoms with van der Waals surface area (Å²) in [6, 6.07) is 9.97. The van der Waals surface area contributed by atoms with Gasteiger partial charge in [-0.2, -0.15) is 0 Å². The van der Waals surface area contributed by atoms with E-state index < -0.39 is 17.7 Å². The molecule has 0 spiro atoms. The monoisotopic (exact) mass is 283 g/mol. The summed E-state index contributed by atoms with van der Waals surface area (Å²) in [6.07, 6.45) is -0.880. The minimum atomic E-state index is -0.880. The van der Waals surface area contributed by atoms with Crippen molar-refractivity contribution < 1.29 is 13.9 Å². The molecule has 0 aromatic heterocycles. The summed E-state index contributed by atoms with van der Waals surface area (Å²) in [5.74, 6) is -0.944. The zero-order chi connectivity index (χ0) is 13.8. The average Bonchev–Trinajstić information content (AvgIpc) is 2.40. The zero-order valence-corrected chi connectivity index (χ0v) is 10.7. The van der Waals surface area contributed by atoms with Gasteiger partial charge in [0.05, 0.1) is 11.1 Å². The van der Waals surface area contributed by atoms with Crippen molar-refractivity contribution in [2.24, 2.45) is 0 Å². The van der Waals surface area contributed by atoms with Gasteiger partial charge in [0, 0.05) is 12.2 Å². The zero-order valence-electron chi connectivity index (χ0n) is 9.91. The molecule has 2 rings (SSSR count). The summed E-state index contributed by atoms with van der Waals surface area (Å²) in [6.45, 7) is 0.143. The van der Waals surface area contributed by atoms with Gasteiger partial charge in [-0.25, -0.2) is 8.78 Å². The second kappa shape index (κ2) is 5.99. The molecule has 19 heavy (non-hydrogen) atoms. The van der Waals surface area contributed by atoms with Gasteiger partial charge in [0.15, 0.2) is 0 Å². The van der Waals surface area contributed by atoms with E-state index in [0.29, 0.717) is 11.3 Å². The third kappa shape index (κ3) is 3.66. The number of halogens is 3. The van der Waals surface area contributed by atoms with Gasteiger partial charge in [-0.05, 0) is 35.9 Å². The van der Waals surface area contributed by atoms with Crippen LogP contribution < -0.4 is 5.32 Å². The molecule has 0 aliphatic heterocycles. The smallest absolute Gasteiger partial charge is 0.143 e. The van der Waals surface area contributed by atoms with E-state index in [4.69, 9.17) is 11.6 Å². The van der Waals surface area contributed by atoms with Crippen molar-refractivity contribution in [2.45, 2.75) is 6.10 Å². The number of aliphatic hydroxyl groups excluding tert-OH is 1. The predicted octanol–water partition coefficient (Wildman–Crippen LogP) is 3.76. The van der Waals surface area contributed by atoms with E-state index in [9.17, 15) is 13.9 Å². The SMILES string of the molecule is OC(CNc1ccc(Cl)c(F)c1)c1cccc(F)c1. The Morgan fingerprint density at radius 1 is 1.16 bits per heavy atom. The molecular formula is C14H12ClF2NO. The standard InChI is InChI=1S/C14H12ClF2NO/c15-12-5-4-11(7-13(12)17)18-8-14(19)9-2-1-3-10(16)6-9/h1-7,14,18-19H,8H2. The van der Waals surface area contributed by atoms with Gasteiger partial charge >= 0.3 is 0 Å². The first-order valence-electron chi connectivity index (χ1n) is 5.69. The van der Waals surface area contributed by atoms with Crippen molar-refractivity contribution in [3.05, 3.63) is 64.7 Å². The molecule has 2 aromatic carbocycles. The van der Waals surface area contributed by atoms with Crippen LogP contribution in [0.4, 0.5) is 14.5 Å². The Kier molecular flexibility index (Phi) is 4.35. The van der Waals surface area contributed by atoms with Crippen LogP contribution in [-0.4, -0.2) is 11.7 Å². The highest BCUT2D eigenvalue weighted by Crippen LogP contribution is 2.20. The van der Waals surface area contributed by atoms with Gasteiger partial charge in [0.2, 0.25) is 0 Å². The van der Waals surface area contributed by atoms with Gasteiger partial charge in [-0.15, -0.1) is 0 Å². The highest BCUT2D eigenvalue weighted by Gasteiger charge is 2.08. The molecule has 0 fully saturated rings. The summed E-state index contributed by atoms with van der Waals surface area (Å²) >= 11 is 5.56. The Balaban J connectivity index is 2.00. The number of nitrogens with one attached hydrogen (secondary N) is 1. The Morgan fingerprint density at radius 2 is 1.95 bits per heavy atom. The highest BCUT2D eigenvalue weighted by atomic mass is 35.5. The predicted molar refractivity (Wildman–Crippen MR) is 71.3 cm³/mol. The Morgan fingerprint density at radius 3 is 2.63 bits per heavy atom. The quantitative estimate of drug-likeness (QED) is 0.895. The molecule has 0 saturated heterocycles. The first-order chi connectivity index (χ1) is 9.06. The van der Waals surface area contributed by atoms with Crippen molar-refractivity contribution in [1.29, 1.82) is 0 Å². The number of hydrogen-bond acceptors (Lipinski definition) is 2. The second-order valence-electron chi connectivity index (χ2n) is 4.08. The largest absolute Gasteiger partial charge is 0.387 e. The van der Waals surface area contributed by atoms with Crippen molar-refractivity contribution in [2.75, 3.05) is 11.9 Å². The summed E-state index contributed by atoms with van der Waals surface area (Å²) in [7, 11) is 0. The third-order valence-corrected chi connectivity index (χ3v) is 2.96. The van der Waals surface area contributed by atoms with E-state index in [0.717, 1.165) is 0 Å². The van der Waals surface area contributed by atoms with Crippen LogP contribution in [0.15, 0.2) is 42.5 Å². The van der Waals surface area contributed by atoms with Gasteiger partial charge in [0.25, 0.3) is 0 Å². The lowest BCUT2D eigenvalue weighted by Crippen LogP contribution is -2.12. The molecule has 0 radical (unpaired) electrons. The van der Waals surface area contributed by atoms with E-state index in [1.807, 2.05) is 0 Å². The van der Waals surface area contributed by atoms with Crippen LogP contribution >= 0.6 is 11.6 Å². The van der Waals surface area contributed by atoms with Crippen LogP contribution in [0.1, 0.15) is 11.7 Å². The molecule has 2 nitrogen and oxygen atoms in total. The normalized spacial score (nSPS) is 12.2. The van der Waals surface area contributed by atoms with Crippen LogP contribution in [0, 0.1) is 11.6 Å². The first kappa shape index (κ1) is 13.8. The number of anilines is 1. The lowest BCUT2D eigenvalue weighted by atomic mass is 10.1. The van der Waals surface area contributed by atoms with Gasteiger partial charge < -0.3 is 10.4 Å². The fourth-order valence-electron chi connectivity index (χ4n) is 1.65. The maximum atomic E-state index is 13.2. The summed E-state index contributed by atoms with van der Waals surface area (Å²) < 4.78 is 26.2. The maximum absolute atomic E-state index is 13.2. The molecule has 100 valence electrons. The number of rotatable bonds is 4. The van der Waals surface area contributed by atoms with E-state index in [-0.39, 0.29) is 11.6 Å². The fraction of sp³-hybridized carbons (Fsp3) is 0.143. The van der Waals surface area contributed by atoms with Crippen molar-refractivity contribution >= 4 is 17.3 Å². The summed E-state index contributed by atoms with van der Waals surface area (Å²) in [5, 5.41) is 12.8. The molecule has 1 unspecified atom stereocenters. The first-order valence-corrected chi connectivity index (χ1v) is 6.06. The molecule has 0 amide bonds. The number of hydrogen-bond donors (Lipinski definition) is 2. The lowest BCUT2D eigenvalue weighted by Gasteiger charge is -2.13. The molecule has 2 N–H and O–H groups in total. The van der Waals surface area contributed by atoms with Crippen molar-refractivity contribution in [3.63, 3.8) is 0 Å². The van der Waals surface area contributed by atoms with E-state index in [1.54, 1.807) is 12.1 Å². The van der Waals surface area contributed by atoms with E-state index in [2.05, 4.69) is 5.32 Å². The van der Waals surface area contributed by atoms with Crippen LogP contribution in [-0.2, 0) is 0 Å². The van der Waals surface area contributed by atoms with Crippen LogP contribution in [0.3, 0.4) is 0 Å². The molecule has 0 heterocycles. The van der Waals surface area contributed by atoms with Gasteiger partial charge in [-0.1, -0.05) is 23.7 Å². The minimum absolute atomic E-state index is 0.0382. The topological polar surface area (TPSA) is 32.3 Å². The highest BCUT2D eigenvalue weighted by molar-refractivity contribution is 6.30. The van der Waals surface area contributed by atoms with Crippen LogP contribution in [0.2, 0.25) is 5.02 Å². The third-order valence-electron chi connectivity index (χ3n) is 2.65. The van der Waals surface area contributed by atoms with Gasteiger partial charge in [-0.3, -0.25) is 0 Å². The molecular weight excluding hydrogens is 272 g/mol. The Labute approximate surface area is 114 Å².